The minimum atomic E-state index is -1.29. The number of hydrogen-bond donors (Lipinski definition) is 1. The molecule has 1 rings (SSSR count). The smallest absolute Gasteiger partial charge is 0.180 e. The Hall–Kier alpha value is -1.46. The van der Waals surface area contributed by atoms with E-state index in [4.69, 9.17) is 21.1 Å². The van der Waals surface area contributed by atoms with Gasteiger partial charge in [-0.25, -0.2) is 0 Å². The summed E-state index contributed by atoms with van der Waals surface area (Å²) in [5.41, 5.74) is -0.0230. The second-order valence-corrected chi connectivity index (χ2v) is 4.97. The van der Waals surface area contributed by atoms with Crippen LogP contribution >= 0.6 is 11.6 Å². The molecular weight excluding hydrogens is 294 g/mol. The number of likely N-dealkylation sites (N-methyl/N-ethyl adjacent to an activating group) is 1. The molecule has 1 aromatic carbocycles. The van der Waals surface area contributed by atoms with Crippen LogP contribution in [0.5, 0.6) is 11.5 Å². The molecule has 0 aliphatic carbocycles. The van der Waals surface area contributed by atoms with Gasteiger partial charge in [-0.3, -0.25) is 0 Å². The van der Waals surface area contributed by atoms with Crippen LogP contribution in [0.4, 0.5) is 0 Å². The van der Waals surface area contributed by atoms with Gasteiger partial charge in [0.05, 0.1) is 30.7 Å². The first kappa shape index (κ1) is 17.6. The van der Waals surface area contributed by atoms with Crippen LogP contribution in [0.1, 0.15) is 31.1 Å². The van der Waals surface area contributed by atoms with Gasteiger partial charge in [-0.1, -0.05) is 11.6 Å². The molecule has 0 aliphatic rings. The van der Waals surface area contributed by atoms with Crippen LogP contribution in [0.2, 0.25) is 5.02 Å². The number of carbonyl (C=O) groups excluding carboxylic acids is 1. The van der Waals surface area contributed by atoms with Gasteiger partial charge in [-0.15, -0.1) is 0 Å². The van der Waals surface area contributed by atoms with E-state index in [0.717, 1.165) is 19.6 Å². The van der Waals surface area contributed by atoms with Crippen LogP contribution in [0.25, 0.3) is 0 Å². The molecule has 0 aliphatic heterocycles. The first-order valence-electron chi connectivity index (χ1n) is 7.17. The number of rotatable bonds is 9. The monoisotopic (exact) mass is 315 g/mol. The van der Waals surface area contributed by atoms with Crippen molar-refractivity contribution in [2.75, 3.05) is 32.8 Å². The Morgan fingerprint density at radius 1 is 1.24 bits per heavy atom. The molecule has 0 spiro atoms. The summed E-state index contributed by atoms with van der Waals surface area (Å²) in [6.07, 6.45) is 0. The van der Waals surface area contributed by atoms with E-state index >= 15 is 0 Å². The lowest BCUT2D eigenvalue weighted by Gasteiger charge is -2.18. The maximum atomic E-state index is 10.9. The molecule has 0 amide bonds. The lowest BCUT2D eigenvalue weighted by atomic mass is 10.2. The summed E-state index contributed by atoms with van der Waals surface area (Å²) < 4.78 is 11.1. The number of carbonyl (C=O) groups is 1. The summed E-state index contributed by atoms with van der Waals surface area (Å²) in [6, 6.07) is 2.70. The zero-order chi connectivity index (χ0) is 15.8. The first-order chi connectivity index (χ1) is 10.0. The highest BCUT2D eigenvalue weighted by Crippen LogP contribution is 2.36. The van der Waals surface area contributed by atoms with Gasteiger partial charge in [0.1, 0.15) is 13.2 Å². The maximum Gasteiger partial charge on any atom is 0.180 e. The van der Waals surface area contributed by atoms with Gasteiger partial charge in [-0.05, 0) is 32.9 Å². The fourth-order valence-corrected chi connectivity index (χ4v) is 2.26. The highest BCUT2D eigenvalue weighted by molar-refractivity contribution is 6.32. The quantitative estimate of drug-likeness (QED) is 0.717. The van der Waals surface area contributed by atoms with Gasteiger partial charge >= 0.3 is 0 Å². The molecule has 1 aromatic rings. The summed E-state index contributed by atoms with van der Waals surface area (Å²) in [5, 5.41) is 11.1. The number of carboxylic acid groups (broad SMARTS) is 1. The van der Waals surface area contributed by atoms with Crippen LogP contribution in [0.15, 0.2) is 12.1 Å². The predicted octanol–water partition coefficient (Wildman–Crippen LogP) is 0.406. The molecule has 21 heavy (non-hydrogen) atoms. The molecule has 1 N–H and O–H groups in total. The molecule has 0 bridgehead atoms. The Bertz CT molecular complexity index is 475. The van der Waals surface area contributed by atoms with E-state index in [9.17, 15) is 9.90 Å². The number of nitrogens with one attached hydrogen (secondary N) is 1. The summed E-state index contributed by atoms with van der Waals surface area (Å²) in [5.74, 6) is -0.578. The Morgan fingerprint density at radius 3 is 2.43 bits per heavy atom. The summed E-state index contributed by atoms with van der Waals surface area (Å²) in [7, 11) is 0. The van der Waals surface area contributed by atoms with Gasteiger partial charge in [0, 0.05) is 5.56 Å². The van der Waals surface area contributed by atoms with E-state index in [0.29, 0.717) is 24.7 Å². The van der Waals surface area contributed by atoms with Gasteiger partial charge in [-0.2, -0.15) is 0 Å². The molecule has 0 aromatic heterocycles. The third kappa shape index (κ3) is 5.10. The largest absolute Gasteiger partial charge is 0.545 e. The number of benzene rings is 1. The molecule has 0 saturated heterocycles. The molecule has 0 unspecified atom stereocenters. The summed E-state index contributed by atoms with van der Waals surface area (Å²) >= 11 is 6.09. The van der Waals surface area contributed by atoms with E-state index in [1.807, 2.05) is 6.92 Å². The minimum absolute atomic E-state index is 0.0230. The van der Waals surface area contributed by atoms with Crippen molar-refractivity contribution in [2.45, 2.75) is 20.8 Å². The first-order valence-corrected chi connectivity index (χ1v) is 7.55. The van der Waals surface area contributed by atoms with Crippen LogP contribution in [-0.2, 0) is 0 Å². The normalized spacial score (nSPS) is 10.7. The average molecular weight is 316 g/mol. The summed E-state index contributed by atoms with van der Waals surface area (Å²) in [4.78, 5) is 12.3. The third-order valence-corrected chi connectivity index (χ3v) is 3.53. The van der Waals surface area contributed by atoms with Crippen molar-refractivity contribution in [3.63, 3.8) is 0 Å². The molecule has 0 saturated carbocycles. The number of quaternary nitrogens is 1. The van der Waals surface area contributed by atoms with Gasteiger partial charge < -0.3 is 24.3 Å². The maximum absolute atomic E-state index is 10.9. The highest BCUT2D eigenvalue weighted by atomic mass is 35.5. The summed E-state index contributed by atoms with van der Waals surface area (Å²) in [6.45, 7) is 9.82. The average Bonchev–Trinajstić information content (AvgIpc) is 2.45. The molecule has 0 atom stereocenters. The van der Waals surface area contributed by atoms with Gasteiger partial charge in [0.25, 0.3) is 0 Å². The molecule has 5 nitrogen and oxygen atoms in total. The number of ether oxygens (including phenoxy) is 2. The SMILES string of the molecule is CCOc1cc(C(=O)[O-])cc(Cl)c1OCC[NH+](CC)CC. The van der Waals surface area contributed by atoms with Crippen molar-refractivity contribution in [2.24, 2.45) is 0 Å². The molecule has 0 fully saturated rings. The van der Waals surface area contributed by atoms with E-state index in [2.05, 4.69) is 13.8 Å². The second kappa shape index (κ2) is 8.74. The van der Waals surface area contributed by atoms with Crippen LogP contribution < -0.4 is 19.5 Å². The van der Waals surface area contributed by atoms with Gasteiger partial charge in [0.15, 0.2) is 11.5 Å². The van der Waals surface area contributed by atoms with Crippen molar-refractivity contribution in [1.29, 1.82) is 0 Å². The predicted molar refractivity (Wildman–Crippen MR) is 79.4 cm³/mol. The number of aromatic carboxylic acids is 1. The second-order valence-electron chi connectivity index (χ2n) is 4.56. The van der Waals surface area contributed by atoms with Crippen LogP contribution in [-0.4, -0.2) is 38.8 Å². The highest BCUT2D eigenvalue weighted by Gasteiger charge is 2.14. The fraction of sp³-hybridized carbons (Fsp3) is 0.533. The Morgan fingerprint density at radius 2 is 1.90 bits per heavy atom. The van der Waals surface area contributed by atoms with Crippen molar-refractivity contribution in [1.82, 2.24) is 0 Å². The Balaban J connectivity index is 2.87. The standard InChI is InChI=1S/C15H22ClNO4/c1-4-17(5-2)7-8-21-14-12(16)9-11(15(18)19)10-13(14)20-6-3/h9-10H,4-8H2,1-3H3,(H,18,19). The number of hydrogen-bond acceptors (Lipinski definition) is 4. The molecule has 0 heterocycles. The topological polar surface area (TPSA) is 63.0 Å². The number of halogens is 1. The minimum Gasteiger partial charge on any atom is -0.545 e. The third-order valence-electron chi connectivity index (χ3n) is 3.25. The van der Waals surface area contributed by atoms with Crippen LogP contribution in [0.3, 0.4) is 0 Å². The van der Waals surface area contributed by atoms with E-state index in [1.165, 1.54) is 17.0 Å². The zero-order valence-corrected chi connectivity index (χ0v) is 13.5. The van der Waals surface area contributed by atoms with E-state index in [-0.39, 0.29) is 10.6 Å². The fourth-order valence-electron chi connectivity index (χ4n) is 1.99. The molecule has 6 heteroatoms. The Labute approximate surface area is 130 Å². The van der Waals surface area contributed by atoms with Crippen molar-refractivity contribution in [3.05, 3.63) is 22.7 Å². The molecule has 0 radical (unpaired) electrons. The van der Waals surface area contributed by atoms with Crippen molar-refractivity contribution < 1.29 is 24.3 Å². The lowest BCUT2D eigenvalue weighted by Crippen LogP contribution is -3.12. The lowest BCUT2D eigenvalue weighted by molar-refractivity contribution is -0.896. The zero-order valence-electron chi connectivity index (χ0n) is 12.7. The molecule has 118 valence electrons. The van der Waals surface area contributed by atoms with Gasteiger partial charge in [0.2, 0.25) is 0 Å². The van der Waals surface area contributed by atoms with Crippen LogP contribution in [0, 0.1) is 0 Å². The van der Waals surface area contributed by atoms with Crippen molar-refractivity contribution in [3.8, 4) is 11.5 Å². The van der Waals surface area contributed by atoms with E-state index < -0.39 is 5.97 Å². The molecular formula is C15H22ClNO4. The number of carboxylic acids is 1. The Kier molecular flexibility index (Phi) is 7.32. The van der Waals surface area contributed by atoms with Crippen molar-refractivity contribution >= 4 is 17.6 Å². The van der Waals surface area contributed by atoms with E-state index in [1.54, 1.807) is 0 Å².